The highest BCUT2D eigenvalue weighted by Gasteiger charge is 2.30. The average Bonchev–Trinajstić information content (AvgIpc) is 2.23. The molecular weight excluding hydrogens is 275 g/mol. The van der Waals surface area contributed by atoms with Crippen LogP contribution >= 0.6 is 9.24 Å². The lowest BCUT2D eigenvalue weighted by Crippen LogP contribution is -2.25. The smallest absolute Gasteiger partial charge is 0.178 e. The zero-order valence-corrected chi connectivity index (χ0v) is 16.3. The Hall–Kier alpha value is -0.680. The first-order valence-electron chi connectivity index (χ1n) is 7.65. The van der Waals surface area contributed by atoms with Gasteiger partial charge in [0, 0.05) is 5.56 Å². The Labute approximate surface area is 133 Å². The molecule has 1 aromatic rings. The first kappa shape index (κ1) is 18.4. The molecule has 0 amide bonds. The highest BCUT2D eigenvalue weighted by molar-refractivity contribution is 7.41. The van der Waals surface area contributed by atoms with Crippen LogP contribution < -0.4 is 0 Å². The van der Waals surface area contributed by atoms with Gasteiger partial charge in [0.05, 0.1) is 0 Å². The van der Waals surface area contributed by atoms with Crippen LogP contribution in [0.2, 0.25) is 0 Å². The SMILES string of the molecule is CC(C)(C)c1cc(C(C)(C)C)c(C(=O)P)c(C(C)(C)C)c1. The lowest BCUT2D eigenvalue weighted by molar-refractivity contribution is 0.108. The van der Waals surface area contributed by atoms with Crippen LogP contribution in [0.5, 0.6) is 0 Å². The van der Waals surface area contributed by atoms with Crippen LogP contribution in [-0.4, -0.2) is 5.52 Å². The summed E-state index contributed by atoms with van der Waals surface area (Å²) < 4.78 is 0. The number of hydrogen-bond donors (Lipinski definition) is 0. The van der Waals surface area contributed by atoms with Crippen molar-refractivity contribution in [2.45, 2.75) is 78.6 Å². The van der Waals surface area contributed by atoms with E-state index in [9.17, 15) is 4.79 Å². The molecule has 0 aliphatic heterocycles. The fraction of sp³-hybridized carbons (Fsp3) is 0.632. The molecule has 118 valence electrons. The molecule has 0 saturated heterocycles. The molecule has 0 aromatic heterocycles. The maximum absolute atomic E-state index is 12.3. The van der Waals surface area contributed by atoms with Gasteiger partial charge in [-0.3, -0.25) is 4.79 Å². The Kier molecular flexibility index (Phi) is 4.82. The quantitative estimate of drug-likeness (QED) is 0.618. The van der Waals surface area contributed by atoms with Gasteiger partial charge >= 0.3 is 0 Å². The third kappa shape index (κ3) is 4.16. The van der Waals surface area contributed by atoms with Gasteiger partial charge < -0.3 is 0 Å². The fourth-order valence-corrected chi connectivity index (χ4v) is 2.83. The number of hydrogen-bond acceptors (Lipinski definition) is 1. The third-order valence-electron chi connectivity index (χ3n) is 3.87. The minimum atomic E-state index is -0.0528. The van der Waals surface area contributed by atoms with Crippen molar-refractivity contribution in [1.29, 1.82) is 0 Å². The maximum Gasteiger partial charge on any atom is 0.178 e. The van der Waals surface area contributed by atoms with E-state index in [1.165, 1.54) is 5.56 Å². The van der Waals surface area contributed by atoms with E-state index < -0.39 is 0 Å². The van der Waals surface area contributed by atoms with Crippen molar-refractivity contribution in [3.05, 3.63) is 34.4 Å². The highest BCUT2D eigenvalue weighted by Crippen LogP contribution is 2.39. The van der Waals surface area contributed by atoms with Gasteiger partial charge in [-0.15, -0.1) is 0 Å². The van der Waals surface area contributed by atoms with Crippen LogP contribution in [0.4, 0.5) is 0 Å². The number of carbonyl (C=O) groups excluding carboxylic acids is 1. The summed E-state index contributed by atoms with van der Waals surface area (Å²) in [5.74, 6) is 0. The average molecular weight is 306 g/mol. The standard InChI is InChI=1S/C19H31OP/c1-17(2,3)12-10-13(18(4,5)6)15(16(20)21)14(11-12)19(7,8)9/h10-11H,21H2,1-9H3. The number of carbonyl (C=O) groups is 1. The largest absolute Gasteiger partial charge is 0.290 e. The lowest BCUT2D eigenvalue weighted by atomic mass is 9.72. The van der Waals surface area contributed by atoms with Gasteiger partial charge in [-0.25, -0.2) is 0 Å². The molecule has 0 heterocycles. The first-order chi connectivity index (χ1) is 9.15. The van der Waals surface area contributed by atoms with E-state index in [0.29, 0.717) is 0 Å². The predicted molar refractivity (Wildman–Crippen MR) is 96.6 cm³/mol. The summed E-state index contributed by atoms with van der Waals surface area (Å²) in [6.45, 7) is 19.8. The summed E-state index contributed by atoms with van der Waals surface area (Å²) in [6, 6.07) is 4.46. The summed E-state index contributed by atoms with van der Waals surface area (Å²) in [7, 11) is 2.36. The molecule has 1 rings (SSSR count). The van der Waals surface area contributed by atoms with Crippen LogP contribution in [0.3, 0.4) is 0 Å². The van der Waals surface area contributed by atoms with Gasteiger partial charge in [-0.05, 0) is 32.9 Å². The fourth-order valence-electron chi connectivity index (χ4n) is 2.52. The summed E-state index contributed by atoms with van der Waals surface area (Å²) in [6.07, 6.45) is 0. The summed E-state index contributed by atoms with van der Waals surface area (Å²) in [4.78, 5) is 12.3. The molecule has 21 heavy (non-hydrogen) atoms. The molecule has 1 atom stereocenters. The molecule has 0 N–H and O–H groups in total. The predicted octanol–water partition coefficient (Wildman–Crippen LogP) is 5.59. The second kappa shape index (κ2) is 5.51. The van der Waals surface area contributed by atoms with Gasteiger partial charge in [0.25, 0.3) is 0 Å². The van der Waals surface area contributed by atoms with Gasteiger partial charge in [0.15, 0.2) is 5.52 Å². The molecule has 1 nitrogen and oxygen atoms in total. The Morgan fingerprint density at radius 1 is 0.762 bits per heavy atom. The molecule has 2 heteroatoms. The third-order valence-corrected chi connectivity index (χ3v) is 4.16. The van der Waals surface area contributed by atoms with Crippen LogP contribution in [-0.2, 0) is 16.2 Å². The molecule has 0 aliphatic carbocycles. The van der Waals surface area contributed by atoms with Crippen molar-refractivity contribution in [2.75, 3.05) is 0 Å². The van der Waals surface area contributed by atoms with Crippen molar-refractivity contribution in [2.24, 2.45) is 0 Å². The molecule has 0 spiro atoms. The summed E-state index contributed by atoms with van der Waals surface area (Å²) in [5, 5.41) is 0. The minimum absolute atomic E-state index is 0.0528. The normalized spacial score (nSPS) is 13.4. The van der Waals surface area contributed by atoms with Crippen molar-refractivity contribution in [3.63, 3.8) is 0 Å². The topological polar surface area (TPSA) is 17.1 Å². The minimum Gasteiger partial charge on any atom is -0.290 e. The lowest BCUT2D eigenvalue weighted by Gasteiger charge is -2.32. The van der Waals surface area contributed by atoms with Gasteiger partial charge in [-0.1, -0.05) is 83.7 Å². The molecule has 0 bridgehead atoms. The molecule has 0 saturated carbocycles. The zero-order valence-electron chi connectivity index (χ0n) is 15.1. The Bertz CT molecular complexity index is 513. The molecular formula is C19H31OP. The molecule has 0 radical (unpaired) electrons. The second-order valence-corrected chi connectivity index (χ2v) is 9.58. The Morgan fingerprint density at radius 3 is 1.29 bits per heavy atom. The van der Waals surface area contributed by atoms with E-state index in [1.807, 2.05) is 0 Å². The maximum atomic E-state index is 12.3. The van der Waals surface area contributed by atoms with Crippen LogP contribution in [0, 0.1) is 0 Å². The zero-order chi connectivity index (χ0) is 16.8. The first-order valence-corrected chi connectivity index (χ1v) is 8.22. The van der Waals surface area contributed by atoms with E-state index in [0.717, 1.165) is 16.7 Å². The Morgan fingerprint density at radius 2 is 1.10 bits per heavy atom. The van der Waals surface area contributed by atoms with E-state index in [-0.39, 0.29) is 21.8 Å². The van der Waals surface area contributed by atoms with E-state index in [2.05, 4.69) is 83.7 Å². The molecule has 0 fully saturated rings. The van der Waals surface area contributed by atoms with Gasteiger partial charge in [-0.2, -0.15) is 0 Å². The Balaban J connectivity index is 3.89. The van der Waals surface area contributed by atoms with Crippen LogP contribution in [0.1, 0.15) is 89.4 Å². The summed E-state index contributed by atoms with van der Waals surface area (Å²) >= 11 is 0. The molecule has 0 aliphatic rings. The molecule has 1 unspecified atom stereocenters. The van der Waals surface area contributed by atoms with Crippen LogP contribution in [0.25, 0.3) is 0 Å². The van der Waals surface area contributed by atoms with Crippen LogP contribution in [0.15, 0.2) is 12.1 Å². The van der Waals surface area contributed by atoms with Gasteiger partial charge in [0.2, 0.25) is 0 Å². The van der Waals surface area contributed by atoms with Crippen molar-refractivity contribution in [3.8, 4) is 0 Å². The van der Waals surface area contributed by atoms with E-state index >= 15 is 0 Å². The monoisotopic (exact) mass is 306 g/mol. The second-order valence-electron chi connectivity index (χ2n) is 9.06. The van der Waals surface area contributed by atoms with Crippen molar-refractivity contribution >= 4 is 14.8 Å². The van der Waals surface area contributed by atoms with E-state index in [4.69, 9.17) is 0 Å². The van der Waals surface area contributed by atoms with E-state index in [1.54, 1.807) is 0 Å². The highest BCUT2D eigenvalue weighted by atomic mass is 31.0. The van der Waals surface area contributed by atoms with Crippen molar-refractivity contribution < 1.29 is 4.79 Å². The number of rotatable bonds is 1. The summed E-state index contributed by atoms with van der Waals surface area (Å²) in [5.41, 5.74) is 4.54. The van der Waals surface area contributed by atoms with Gasteiger partial charge in [0.1, 0.15) is 0 Å². The van der Waals surface area contributed by atoms with Crippen molar-refractivity contribution in [1.82, 2.24) is 0 Å². The molecule has 1 aromatic carbocycles. The number of benzene rings is 1.